The van der Waals surface area contributed by atoms with Gasteiger partial charge in [0.25, 0.3) is 0 Å². The molecule has 53 heavy (non-hydrogen) atoms. The number of nitrogens with zero attached hydrogens (tertiary/aromatic N) is 1. The molecular weight excluding hydrogens is 690 g/mol. The van der Waals surface area contributed by atoms with Gasteiger partial charge in [-0.25, -0.2) is 0 Å². The van der Waals surface area contributed by atoms with Crippen molar-refractivity contribution in [3.63, 3.8) is 0 Å². The fourth-order valence-electron chi connectivity index (χ4n) is 10.1. The Balaban J connectivity index is 1.64. The predicted molar refractivity (Wildman–Crippen MR) is 191 cm³/mol. The molecule has 0 aromatic heterocycles. The van der Waals surface area contributed by atoms with E-state index in [0.29, 0.717) is 19.3 Å². The lowest BCUT2D eigenvalue weighted by atomic mass is 9.77. The van der Waals surface area contributed by atoms with E-state index in [2.05, 4.69) is 0 Å². The summed E-state index contributed by atoms with van der Waals surface area (Å²) < 4.78 is 58.8. The number of rotatable bonds is 8. The number of hydrogen-bond acceptors (Lipinski definition) is 14. The largest absolute Gasteiger partial charge is 0.459 e. The van der Waals surface area contributed by atoms with Crippen molar-refractivity contribution in [3.05, 3.63) is 0 Å². The molecule has 5 heterocycles. The minimum absolute atomic E-state index is 0.189. The average Bonchev–Trinajstić information content (AvgIpc) is 3.45. The van der Waals surface area contributed by atoms with Crippen molar-refractivity contribution in [2.45, 2.75) is 192 Å². The summed E-state index contributed by atoms with van der Waals surface area (Å²) in [6.45, 7) is 20.2. The van der Waals surface area contributed by atoms with Crippen LogP contribution in [0, 0.1) is 23.7 Å². The minimum Gasteiger partial charge on any atom is -0.459 e. The molecule has 2 N–H and O–H groups in total. The maximum absolute atomic E-state index is 14.3. The van der Waals surface area contributed by atoms with Crippen LogP contribution in [0.15, 0.2) is 0 Å². The van der Waals surface area contributed by atoms with E-state index in [4.69, 9.17) is 42.6 Å². The molecule has 19 atom stereocenters. The number of ether oxygens (including phenoxy) is 9. The van der Waals surface area contributed by atoms with E-state index >= 15 is 0 Å². The normalized spacial score (nSPS) is 52.1. The van der Waals surface area contributed by atoms with E-state index < -0.39 is 108 Å². The number of aliphatic hydroxyl groups excluding tert-OH is 2. The highest BCUT2D eigenvalue weighted by molar-refractivity contribution is 5.73. The molecule has 0 radical (unpaired) electrons. The number of methoxy groups -OCH3 is 1. The van der Waals surface area contributed by atoms with E-state index in [1.807, 2.05) is 67.5 Å². The van der Waals surface area contributed by atoms with Crippen LogP contribution in [0.25, 0.3) is 0 Å². The minimum atomic E-state index is -1.28. The van der Waals surface area contributed by atoms with Crippen molar-refractivity contribution in [2.75, 3.05) is 21.2 Å². The molecule has 5 aliphatic rings. The van der Waals surface area contributed by atoms with Crippen LogP contribution in [-0.2, 0) is 52.2 Å². The van der Waals surface area contributed by atoms with Crippen molar-refractivity contribution in [1.29, 1.82) is 0 Å². The topological polar surface area (TPSA) is 161 Å². The van der Waals surface area contributed by atoms with Crippen LogP contribution in [0.1, 0.15) is 102 Å². The second kappa shape index (κ2) is 15.5. The van der Waals surface area contributed by atoms with Crippen molar-refractivity contribution >= 4 is 11.9 Å². The highest BCUT2D eigenvalue weighted by Crippen LogP contribution is 2.59. The third-order valence-electron chi connectivity index (χ3n) is 13.2. The van der Waals surface area contributed by atoms with Gasteiger partial charge in [0.1, 0.15) is 17.8 Å². The first-order valence-electron chi connectivity index (χ1n) is 19.5. The lowest BCUT2D eigenvalue weighted by Crippen LogP contribution is -2.61. The van der Waals surface area contributed by atoms with Gasteiger partial charge in [-0.05, 0) is 74.9 Å². The van der Waals surface area contributed by atoms with E-state index in [-0.39, 0.29) is 24.5 Å². The molecule has 0 aromatic rings. The zero-order valence-corrected chi connectivity index (χ0v) is 34.3. The predicted octanol–water partition coefficient (Wildman–Crippen LogP) is 3.56. The summed E-state index contributed by atoms with van der Waals surface area (Å²) >= 11 is 0. The van der Waals surface area contributed by atoms with Gasteiger partial charge in [0.2, 0.25) is 0 Å². The van der Waals surface area contributed by atoms with Crippen LogP contribution in [0.3, 0.4) is 0 Å². The first-order valence-corrected chi connectivity index (χ1v) is 19.5. The first-order chi connectivity index (χ1) is 24.6. The second-order valence-electron chi connectivity index (χ2n) is 17.5. The van der Waals surface area contributed by atoms with Gasteiger partial charge in [0, 0.05) is 38.2 Å². The monoisotopic (exact) mass is 757 g/mol. The van der Waals surface area contributed by atoms with Gasteiger partial charge in [0.15, 0.2) is 24.5 Å². The third kappa shape index (κ3) is 7.56. The molecule has 0 aromatic carbocycles. The molecule has 0 unspecified atom stereocenters. The maximum Gasteiger partial charge on any atom is 0.311 e. The Kier molecular flexibility index (Phi) is 12.5. The Hall–Kier alpha value is -1.46. The van der Waals surface area contributed by atoms with Gasteiger partial charge in [-0.15, -0.1) is 0 Å². The maximum atomic E-state index is 14.3. The summed E-state index contributed by atoms with van der Waals surface area (Å²) in [5, 5.41) is 22.9. The Bertz CT molecular complexity index is 1320. The summed E-state index contributed by atoms with van der Waals surface area (Å²) in [6, 6.07) is -0.215. The van der Waals surface area contributed by atoms with Crippen molar-refractivity contribution in [1.82, 2.24) is 4.90 Å². The van der Waals surface area contributed by atoms with Crippen LogP contribution in [0.4, 0.5) is 0 Å². The highest BCUT2D eigenvalue weighted by Gasteiger charge is 2.71. The molecule has 0 aliphatic carbocycles. The Morgan fingerprint density at radius 3 is 2.19 bits per heavy atom. The zero-order valence-electron chi connectivity index (χ0n) is 34.3. The van der Waals surface area contributed by atoms with Gasteiger partial charge in [-0.1, -0.05) is 27.7 Å². The second-order valence-corrected chi connectivity index (χ2v) is 17.5. The summed E-state index contributed by atoms with van der Waals surface area (Å²) in [6.07, 6.45) is -6.31. The molecule has 5 saturated heterocycles. The highest BCUT2D eigenvalue weighted by atomic mass is 16.8. The number of carbonyl (C=O) groups is 2. The molecule has 14 nitrogen and oxygen atoms in total. The third-order valence-corrected chi connectivity index (χ3v) is 13.2. The molecular formula is C39H67NO13. The van der Waals surface area contributed by atoms with Crippen LogP contribution in [-0.4, -0.2) is 138 Å². The van der Waals surface area contributed by atoms with E-state index in [1.54, 1.807) is 27.9 Å². The number of carbonyl (C=O) groups excluding carboxylic acids is 2. The van der Waals surface area contributed by atoms with E-state index in [0.717, 1.165) is 0 Å². The zero-order chi connectivity index (χ0) is 39.6. The standard InChI is InChI=1S/C39H67NO13/c1-15-27-38(11)31(42)23(6)39(53-38)19(2)17-37(10,52-39)33(51-35-30(48-25(8)41)26(40(12)13)16-20(3)46-35)21(4)29(22(5)34(44)49-27)50-28-18-36(9,45-14)32(43)24(7)47-28/h19-24,26-33,35,42-43H,15-18H2,1-14H3/t19-,20-,21+,22-,23-,24+,26+,27-,28+,29+,30-,31-,32+,33-,35+,36-,37-,38+,39-/m1/s1. The van der Waals surface area contributed by atoms with Gasteiger partial charge < -0.3 is 57.7 Å². The molecule has 5 fully saturated rings. The number of esters is 2. The smallest absolute Gasteiger partial charge is 0.311 e. The van der Waals surface area contributed by atoms with Crippen molar-refractivity contribution in [3.8, 4) is 0 Å². The van der Waals surface area contributed by atoms with Crippen LogP contribution in [0.2, 0.25) is 0 Å². The average molecular weight is 758 g/mol. The van der Waals surface area contributed by atoms with Gasteiger partial charge in [-0.3, -0.25) is 9.59 Å². The lowest BCUT2D eigenvalue weighted by Gasteiger charge is -2.49. The van der Waals surface area contributed by atoms with E-state index in [1.165, 1.54) is 6.92 Å². The van der Waals surface area contributed by atoms with Gasteiger partial charge >= 0.3 is 11.9 Å². The molecule has 14 heteroatoms. The molecule has 1 spiro atoms. The van der Waals surface area contributed by atoms with Crippen LogP contribution < -0.4 is 0 Å². The van der Waals surface area contributed by atoms with Crippen molar-refractivity contribution < 1.29 is 62.4 Å². The Labute approximate surface area is 315 Å². The summed E-state index contributed by atoms with van der Waals surface area (Å²) in [5.74, 6) is -4.43. The number of hydrogen-bond donors (Lipinski definition) is 2. The van der Waals surface area contributed by atoms with Crippen LogP contribution >= 0.6 is 0 Å². The summed E-state index contributed by atoms with van der Waals surface area (Å²) in [5.41, 5.74) is -3.34. The summed E-state index contributed by atoms with van der Waals surface area (Å²) in [7, 11) is 5.40. The molecule has 0 saturated carbocycles. The number of cyclic esters (lactones) is 1. The van der Waals surface area contributed by atoms with Crippen LogP contribution in [0.5, 0.6) is 0 Å². The molecule has 5 aliphatic heterocycles. The first kappa shape index (κ1) is 42.7. The quantitative estimate of drug-likeness (QED) is 0.346. The fourth-order valence-corrected chi connectivity index (χ4v) is 10.1. The Morgan fingerprint density at radius 2 is 1.60 bits per heavy atom. The SMILES string of the molecule is CC[C@H]1OC(=O)[C@H](C)[C@@H](O[C@H]2C[C@@](C)(OC)[C@@H](O)[C@H](C)O2)[C@H](C)[C@@H](O[C@@H]2O[C@H](C)C[C@H](N(C)C)[C@H]2OC(C)=O)[C@@]2(C)C[C@@H](C)[C@]3(O[C@]1(C)[C@H](O)[C@H]3C)O2. The molecule has 3 bridgehead atoms. The van der Waals surface area contributed by atoms with Gasteiger partial charge in [-0.2, -0.15) is 0 Å². The summed E-state index contributed by atoms with van der Waals surface area (Å²) in [4.78, 5) is 28.9. The number of aliphatic hydroxyl groups is 2. The molecule has 306 valence electrons. The molecule has 0 amide bonds. The molecule has 5 rings (SSSR count). The Morgan fingerprint density at radius 1 is 0.943 bits per heavy atom. The number of likely N-dealkylation sites (N-methyl/N-ethyl adjacent to an activating group) is 1. The lowest BCUT2D eigenvalue weighted by molar-refractivity contribution is -0.345. The fraction of sp³-hybridized carbons (Fsp3) is 0.949. The number of fused-ring (bicyclic) bond motifs is 2. The van der Waals surface area contributed by atoms with Crippen molar-refractivity contribution in [2.24, 2.45) is 23.7 Å². The van der Waals surface area contributed by atoms with Gasteiger partial charge in [0.05, 0.1) is 53.7 Å². The van der Waals surface area contributed by atoms with E-state index in [9.17, 15) is 19.8 Å².